The first-order valence-electron chi connectivity index (χ1n) is 13.7. The summed E-state index contributed by atoms with van der Waals surface area (Å²) in [5.74, 6) is 0.727. The number of carbonyl (C=O) groups is 2. The van der Waals surface area contributed by atoms with Crippen LogP contribution in [0.4, 0.5) is 0 Å². The Bertz CT molecular complexity index is 1100. The van der Waals surface area contributed by atoms with Crippen LogP contribution < -0.4 is 9.47 Å². The predicted molar refractivity (Wildman–Crippen MR) is 138 cm³/mol. The van der Waals surface area contributed by atoms with Crippen LogP contribution in [0.5, 0.6) is 11.5 Å². The van der Waals surface area contributed by atoms with Gasteiger partial charge in [-0.25, -0.2) is 4.79 Å². The summed E-state index contributed by atoms with van der Waals surface area (Å²) in [6, 6.07) is 4.17. The lowest BCUT2D eigenvalue weighted by Crippen LogP contribution is -2.55. The summed E-state index contributed by atoms with van der Waals surface area (Å²) in [4.78, 5) is 28.4. The van der Waals surface area contributed by atoms with Crippen molar-refractivity contribution in [2.24, 2.45) is 11.8 Å². The van der Waals surface area contributed by atoms with E-state index in [-0.39, 0.29) is 37.0 Å². The van der Waals surface area contributed by atoms with E-state index in [1.807, 2.05) is 26.0 Å². The zero-order valence-electron chi connectivity index (χ0n) is 22.7. The average molecular weight is 530 g/mol. The van der Waals surface area contributed by atoms with Crippen LogP contribution >= 0.6 is 0 Å². The van der Waals surface area contributed by atoms with E-state index in [0.717, 1.165) is 49.2 Å². The molecule has 208 valence electrons. The minimum atomic E-state index is -2.00. The molecule has 3 aliphatic heterocycles. The highest BCUT2D eigenvalue weighted by molar-refractivity contribution is 5.86. The standard InChI is InChI=1S/C29H39NO8/c1-17(2)7-9-29(33,15-24(31)35-4)28(32)38-27-23(34-3)13-19-6-5-10-30-11-8-18-12-21-22(37-16-36-21)14-20(18)25(27)26(19)30/h12-14,17,19,25-27,33H,5-11,15-16H2,1-4H3. The maximum atomic E-state index is 13.7. The number of aliphatic hydroxyl groups is 1. The molecule has 5 rings (SSSR count). The third-order valence-corrected chi connectivity index (χ3v) is 8.51. The van der Waals surface area contributed by atoms with E-state index in [2.05, 4.69) is 11.0 Å². The van der Waals surface area contributed by atoms with Crippen molar-refractivity contribution >= 4 is 11.9 Å². The van der Waals surface area contributed by atoms with Gasteiger partial charge < -0.3 is 28.8 Å². The number of hydrogen-bond acceptors (Lipinski definition) is 9. The molecule has 0 amide bonds. The van der Waals surface area contributed by atoms with Crippen LogP contribution in [0.15, 0.2) is 24.0 Å². The van der Waals surface area contributed by atoms with Crippen LogP contribution in [-0.4, -0.2) is 73.8 Å². The van der Waals surface area contributed by atoms with Gasteiger partial charge in [-0.2, -0.15) is 0 Å². The molecule has 1 fully saturated rings. The van der Waals surface area contributed by atoms with E-state index in [9.17, 15) is 14.7 Å². The molecule has 1 N–H and O–H groups in total. The van der Waals surface area contributed by atoms with Gasteiger partial charge in [-0.15, -0.1) is 0 Å². The molecule has 0 spiro atoms. The summed E-state index contributed by atoms with van der Waals surface area (Å²) in [7, 11) is 2.83. The second-order valence-corrected chi connectivity index (χ2v) is 11.3. The normalized spacial score (nSPS) is 27.4. The fourth-order valence-corrected chi connectivity index (χ4v) is 6.50. The number of esters is 2. The van der Waals surface area contributed by atoms with Gasteiger partial charge in [-0.3, -0.25) is 9.69 Å². The number of methoxy groups -OCH3 is 2. The lowest BCUT2D eigenvalue weighted by atomic mass is 9.71. The Balaban J connectivity index is 1.55. The van der Waals surface area contributed by atoms with Gasteiger partial charge >= 0.3 is 11.9 Å². The number of benzene rings is 1. The highest BCUT2D eigenvalue weighted by Crippen LogP contribution is 2.49. The number of ether oxygens (including phenoxy) is 5. The number of piperidine rings is 1. The second-order valence-electron chi connectivity index (χ2n) is 11.3. The quantitative estimate of drug-likeness (QED) is 0.508. The number of carbonyl (C=O) groups excluding carboxylic acids is 2. The van der Waals surface area contributed by atoms with E-state index in [1.54, 1.807) is 7.11 Å². The van der Waals surface area contributed by atoms with Gasteiger partial charge in [0.15, 0.2) is 23.2 Å². The zero-order chi connectivity index (χ0) is 27.0. The van der Waals surface area contributed by atoms with E-state index in [0.29, 0.717) is 17.9 Å². The molecule has 1 saturated heterocycles. The topological polar surface area (TPSA) is 104 Å². The Kier molecular flexibility index (Phi) is 7.60. The summed E-state index contributed by atoms with van der Waals surface area (Å²) >= 11 is 0. The molecule has 0 aromatic heterocycles. The Hall–Kier alpha value is -2.78. The molecule has 1 aliphatic carbocycles. The molecule has 0 saturated carbocycles. The maximum absolute atomic E-state index is 13.7. The summed E-state index contributed by atoms with van der Waals surface area (Å²) in [6.07, 6.45) is 4.45. The van der Waals surface area contributed by atoms with E-state index < -0.39 is 30.1 Å². The summed E-state index contributed by atoms with van der Waals surface area (Å²) < 4.78 is 28.3. The van der Waals surface area contributed by atoms with Crippen LogP contribution in [0.2, 0.25) is 0 Å². The first kappa shape index (κ1) is 26.8. The number of rotatable bonds is 8. The highest BCUT2D eigenvalue weighted by Gasteiger charge is 2.51. The first-order chi connectivity index (χ1) is 18.2. The molecule has 38 heavy (non-hydrogen) atoms. The molecule has 4 aliphatic rings. The number of hydrogen-bond donors (Lipinski definition) is 1. The monoisotopic (exact) mass is 529 g/mol. The summed E-state index contributed by atoms with van der Waals surface area (Å²) in [5.41, 5.74) is 0.185. The molecule has 1 aromatic carbocycles. The molecule has 9 heteroatoms. The number of fused-ring (bicyclic) bond motifs is 3. The predicted octanol–water partition coefficient (Wildman–Crippen LogP) is 3.32. The largest absolute Gasteiger partial charge is 0.497 e. The van der Waals surface area contributed by atoms with E-state index in [1.165, 1.54) is 7.11 Å². The maximum Gasteiger partial charge on any atom is 0.339 e. The van der Waals surface area contributed by atoms with Gasteiger partial charge in [0.05, 0.1) is 20.6 Å². The van der Waals surface area contributed by atoms with Crippen molar-refractivity contribution in [3.63, 3.8) is 0 Å². The summed E-state index contributed by atoms with van der Waals surface area (Å²) in [6.45, 7) is 6.04. The SMILES string of the molecule is COC(=O)CC(O)(CCC(C)C)C(=O)OC1C(OC)=CC2CCCN3CCc4cc5c(cc4C1C23)OCO5. The average Bonchev–Trinajstić information content (AvgIpc) is 3.30. The van der Waals surface area contributed by atoms with Gasteiger partial charge in [0.2, 0.25) is 6.79 Å². The molecule has 1 aromatic rings. The minimum absolute atomic E-state index is 0.0927. The smallest absolute Gasteiger partial charge is 0.339 e. The summed E-state index contributed by atoms with van der Waals surface area (Å²) in [5, 5.41) is 11.5. The van der Waals surface area contributed by atoms with Crippen molar-refractivity contribution in [1.29, 1.82) is 0 Å². The zero-order valence-corrected chi connectivity index (χ0v) is 22.7. The lowest BCUT2D eigenvalue weighted by Gasteiger charge is -2.48. The molecular formula is C29H39NO8. The van der Waals surface area contributed by atoms with Gasteiger partial charge in [-0.05, 0) is 79.8 Å². The van der Waals surface area contributed by atoms with E-state index >= 15 is 0 Å². The van der Waals surface area contributed by atoms with Crippen LogP contribution in [0.3, 0.4) is 0 Å². The van der Waals surface area contributed by atoms with Crippen molar-refractivity contribution in [3.8, 4) is 11.5 Å². The molecule has 0 bridgehead atoms. The molecule has 0 radical (unpaired) electrons. The van der Waals surface area contributed by atoms with Crippen molar-refractivity contribution in [2.45, 2.75) is 76.0 Å². The van der Waals surface area contributed by atoms with Gasteiger partial charge in [0.25, 0.3) is 0 Å². The van der Waals surface area contributed by atoms with Crippen molar-refractivity contribution in [2.75, 3.05) is 34.1 Å². The Morgan fingerprint density at radius 2 is 1.95 bits per heavy atom. The fraction of sp³-hybridized carbons (Fsp3) is 0.655. The molecular weight excluding hydrogens is 490 g/mol. The first-order valence-corrected chi connectivity index (χ1v) is 13.7. The van der Waals surface area contributed by atoms with Gasteiger partial charge in [0.1, 0.15) is 5.76 Å². The highest BCUT2D eigenvalue weighted by atomic mass is 16.7. The van der Waals surface area contributed by atoms with Gasteiger partial charge in [-0.1, -0.05) is 13.8 Å². The van der Waals surface area contributed by atoms with Crippen LogP contribution in [0.25, 0.3) is 0 Å². The third kappa shape index (κ3) is 4.98. The molecule has 3 heterocycles. The van der Waals surface area contributed by atoms with Crippen molar-refractivity contribution < 1.29 is 38.4 Å². The minimum Gasteiger partial charge on any atom is -0.497 e. The number of nitrogens with zero attached hydrogens (tertiary/aromatic N) is 1. The second kappa shape index (κ2) is 10.8. The lowest BCUT2D eigenvalue weighted by molar-refractivity contribution is -0.180. The van der Waals surface area contributed by atoms with Gasteiger partial charge in [0, 0.05) is 18.5 Å². The Morgan fingerprint density at radius 1 is 1.18 bits per heavy atom. The Morgan fingerprint density at radius 3 is 2.66 bits per heavy atom. The fourth-order valence-electron chi connectivity index (χ4n) is 6.50. The van der Waals surface area contributed by atoms with Crippen LogP contribution in [0, 0.1) is 11.8 Å². The Labute approximate surface area is 224 Å². The van der Waals surface area contributed by atoms with E-state index in [4.69, 9.17) is 23.7 Å². The van der Waals surface area contributed by atoms with Crippen LogP contribution in [0.1, 0.15) is 63.0 Å². The molecule has 9 nitrogen and oxygen atoms in total. The van der Waals surface area contributed by atoms with Crippen molar-refractivity contribution in [3.05, 3.63) is 35.1 Å². The third-order valence-electron chi connectivity index (χ3n) is 8.51. The van der Waals surface area contributed by atoms with Crippen LogP contribution in [-0.2, 0) is 30.2 Å². The molecule has 5 atom stereocenters. The molecule has 5 unspecified atom stereocenters. The van der Waals surface area contributed by atoms with Crippen molar-refractivity contribution in [1.82, 2.24) is 4.90 Å².